The van der Waals surface area contributed by atoms with E-state index in [0.717, 1.165) is 11.3 Å². The smallest absolute Gasteiger partial charge is 0.143 e. The summed E-state index contributed by atoms with van der Waals surface area (Å²) in [7, 11) is 0. The van der Waals surface area contributed by atoms with Gasteiger partial charge in [-0.3, -0.25) is 9.98 Å². The molecule has 3 nitrogen and oxygen atoms in total. The normalized spacial score (nSPS) is 20.0. The van der Waals surface area contributed by atoms with E-state index in [0.29, 0.717) is 5.70 Å². The first kappa shape index (κ1) is 10.6. The Morgan fingerprint density at radius 3 is 2.94 bits per heavy atom. The van der Waals surface area contributed by atoms with Crippen molar-refractivity contribution in [3.8, 4) is 0 Å². The zero-order valence-corrected chi connectivity index (χ0v) is 9.38. The molecule has 0 aromatic carbocycles. The highest BCUT2D eigenvalue weighted by Gasteiger charge is 2.11. The Hall–Kier alpha value is -1.90. The molecule has 16 heavy (non-hydrogen) atoms. The third-order valence-corrected chi connectivity index (χ3v) is 2.47. The second kappa shape index (κ2) is 4.31. The Morgan fingerprint density at radius 1 is 1.38 bits per heavy atom. The summed E-state index contributed by atoms with van der Waals surface area (Å²) in [5, 5.41) is 9.88. The molecule has 2 heterocycles. The fourth-order valence-electron chi connectivity index (χ4n) is 1.55. The van der Waals surface area contributed by atoms with Crippen molar-refractivity contribution in [3.05, 3.63) is 47.5 Å². The van der Waals surface area contributed by atoms with Crippen LogP contribution < -0.4 is 0 Å². The highest BCUT2D eigenvalue weighted by Crippen LogP contribution is 2.23. The quantitative estimate of drug-likeness (QED) is 0.781. The van der Waals surface area contributed by atoms with E-state index in [4.69, 9.17) is 0 Å². The molecule has 0 spiro atoms. The second-order valence-electron chi connectivity index (χ2n) is 3.90. The minimum atomic E-state index is 0.169. The fourth-order valence-corrected chi connectivity index (χ4v) is 1.55. The summed E-state index contributed by atoms with van der Waals surface area (Å²) >= 11 is 0. The SMILES string of the molecule is Cc1cccnc1C1=C(O)C=C[C@H](C)C=N1. The average Bonchev–Trinajstić information content (AvgIpc) is 2.43. The van der Waals surface area contributed by atoms with Gasteiger partial charge in [-0.2, -0.15) is 0 Å². The summed E-state index contributed by atoms with van der Waals surface area (Å²) in [6, 6.07) is 3.82. The predicted octanol–water partition coefficient (Wildman–Crippen LogP) is 2.89. The number of allylic oxidation sites excluding steroid dienone is 2. The van der Waals surface area contributed by atoms with E-state index < -0.39 is 0 Å². The summed E-state index contributed by atoms with van der Waals surface area (Å²) in [5.74, 6) is 0.395. The Balaban J connectivity index is 2.52. The first-order chi connectivity index (χ1) is 7.68. The summed E-state index contributed by atoms with van der Waals surface area (Å²) in [6.07, 6.45) is 7.10. The summed E-state index contributed by atoms with van der Waals surface area (Å²) in [6.45, 7) is 3.97. The number of aliphatic hydroxyl groups excluding tert-OH is 1. The van der Waals surface area contributed by atoms with Gasteiger partial charge in [0.25, 0.3) is 0 Å². The molecule has 0 unspecified atom stereocenters. The standard InChI is InChI=1S/C13H14N2O/c1-9-5-6-11(16)13(15-8-9)12-10(2)4-3-7-14-12/h3-9,16H,1-2H3/t9-/m0/s1. The lowest BCUT2D eigenvalue weighted by atomic mass is 10.1. The van der Waals surface area contributed by atoms with Crippen molar-refractivity contribution in [1.29, 1.82) is 0 Å². The van der Waals surface area contributed by atoms with Crippen molar-refractivity contribution in [2.24, 2.45) is 10.9 Å². The van der Waals surface area contributed by atoms with E-state index in [1.807, 2.05) is 38.3 Å². The first-order valence-corrected chi connectivity index (χ1v) is 5.26. The van der Waals surface area contributed by atoms with E-state index in [-0.39, 0.29) is 11.7 Å². The van der Waals surface area contributed by atoms with Crippen LogP contribution in [0.5, 0.6) is 0 Å². The molecule has 2 rings (SSSR count). The van der Waals surface area contributed by atoms with Crippen molar-refractivity contribution < 1.29 is 5.11 Å². The Kier molecular flexibility index (Phi) is 2.86. The van der Waals surface area contributed by atoms with E-state index in [1.54, 1.807) is 12.3 Å². The van der Waals surface area contributed by atoms with Gasteiger partial charge in [0.05, 0.1) is 5.69 Å². The van der Waals surface area contributed by atoms with Gasteiger partial charge in [-0.15, -0.1) is 0 Å². The predicted molar refractivity (Wildman–Crippen MR) is 65.3 cm³/mol. The van der Waals surface area contributed by atoms with Crippen LogP contribution in [0, 0.1) is 12.8 Å². The van der Waals surface area contributed by atoms with Gasteiger partial charge < -0.3 is 5.11 Å². The molecule has 1 aromatic rings. The van der Waals surface area contributed by atoms with Crippen LogP contribution in [0.25, 0.3) is 5.70 Å². The van der Waals surface area contributed by atoms with Crippen LogP contribution in [0.15, 0.2) is 41.2 Å². The first-order valence-electron chi connectivity index (χ1n) is 5.26. The highest BCUT2D eigenvalue weighted by molar-refractivity contribution is 5.78. The third-order valence-electron chi connectivity index (χ3n) is 2.47. The maximum absolute atomic E-state index is 9.88. The number of pyridine rings is 1. The molecule has 1 N–H and O–H groups in total. The molecule has 0 saturated heterocycles. The number of rotatable bonds is 1. The molecule has 1 aromatic heterocycles. The van der Waals surface area contributed by atoms with E-state index in [1.165, 1.54) is 0 Å². The maximum Gasteiger partial charge on any atom is 0.143 e. The molecule has 1 aliphatic heterocycles. The Bertz CT molecular complexity index is 486. The number of nitrogens with zero attached hydrogens (tertiary/aromatic N) is 2. The van der Waals surface area contributed by atoms with Gasteiger partial charge in [0.1, 0.15) is 11.5 Å². The van der Waals surface area contributed by atoms with Crippen molar-refractivity contribution in [2.75, 3.05) is 0 Å². The van der Waals surface area contributed by atoms with Crippen LogP contribution >= 0.6 is 0 Å². The van der Waals surface area contributed by atoms with Gasteiger partial charge in [0.15, 0.2) is 0 Å². The number of aryl methyl sites for hydroxylation is 1. The lowest BCUT2D eigenvalue weighted by molar-refractivity contribution is 0.434. The molecular formula is C13H14N2O. The van der Waals surface area contributed by atoms with Crippen LogP contribution in [0.2, 0.25) is 0 Å². The minimum Gasteiger partial charge on any atom is -0.506 e. The topological polar surface area (TPSA) is 45.5 Å². The summed E-state index contributed by atoms with van der Waals surface area (Å²) in [4.78, 5) is 8.55. The number of aliphatic imine (C=N–C) groups is 1. The van der Waals surface area contributed by atoms with Crippen molar-refractivity contribution in [2.45, 2.75) is 13.8 Å². The van der Waals surface area contributed by atoms with Gasteiger partial charge in [-0.1, -0.05) is 19.1 Å². The largest absolute Gasteiger partial charge is 0.506 e. The molecule has 0 bridgehead atoms. The Morgan fingerprint density at radius 2 is 2.19 bits per heavy atom. The van der Waals surface area contributed by atoms with Gasteiger partial charge in [-0.05, 0) is 24.6 Å². The van der Waals surface area contributed by atoms with Gasteiger partial charge in [0, 0.05) is 18.3 Å². The zero-order valence-electron chi connectivity index (χ0n) is 9.38. The number of aliphatic hydroxyl groups is 1. The van der Waals surface area contributed by atoms with Crippen LogP contribution in [0.3, 0.4) is 0 Å². The van der Waals surface area contributed by atoms with E-state index in [2.05, 4.69) is 9.98 Å². The van der Waals surface area contributed by atoms with Gasteiger partial charge >= 0.3 is 0 Å². The average molecular weight is 214 g/mol. The minimum absolute atomic E-state index is 0.169. The van der Waals surface area contributed by atoms with Crippen LogP contribution in [0.4, 0.5) is 0 Å². The highest BCUT2D eigenvalue weighted by atomic mass is 16.3. The molecular weight excluding hydrogens is 200 g/mol. The zero-order chi connectivity index (χ0) is 11.5. The molecule has 0 aliphatic carbocycles. The number of hydrogen-bond donors (Lipinski definition) is 1. The molecule has 0 radical (unpaired) electrons. The molecule has 82 valence electrons. The second-order valence-corrected chi connectivity index (χ2v) is 3.90. The summed E-state index contributed by atoms with van der Waals surface area (Å²) < 4.78 is 0. The van der Waals surface area contributed by atoms with Crippen LogP contribution in [-0.4, -0.2) is 16.3 Å². The van der Waals surface area contributed by atoms with Crippen molar-refractivity contribution >= 4 is 11.9 Å². The molecule has 1 aliphatic rings. The third kappa shape index (κ3) is 2.03. The molecule has 0 fully saturated rings. The van der Waals surface area contributed by atoms with Crippen LogP contribution in [-0.2, 0) is 0 Å². The van der Waals surface area contributed by atoms with E-state index in [9.17, 15) is 5.11 Å². The lowest BCUT2D eigenvalue weighted by Gasteiger charge is -2.05. The van der Waals surface area contributed by atoms with E-state index >= 15 is 0 Å². The maximum atomic E-state index is 9.88. The molecule has 1 atom stereocenters. The van der Waals surface area contributed by atoms with Gasteiger partial charge in [-0.25, -0.2) is 0 Å². The van der Waals surface area contributed by atoms with Crippen molar-refractivity contribution in [3.63, 3.8) is 0 Å². The molecule has 0 saturated carbocycles. The van der Waals surface area contributed by atoms with Crippen molar-refractivity contribution in [1.82, 2.24) is 4.98 Å². The fraction of sp³-hybridized carbons (Fsp3) is 0.231. The van der Waals surface area contributed by atoms with Crippen LogP contribution in [0.1, 0.15) is 18.2 Å². The molecule has 3 heteroatoms. The summed E-state index contributed by atoms with van der Waals surface area (Å²) in [5.41, 5.74) is 2.28. The molecule has 0 amide bonds. The number of hydrogen-bond acceptors (Lipinski definition) is 3. The lowest BCUT2D eigenvalue weighted by Crippen LogP contribution is -1.94. The Labute approximate surface area is 94.9 Å². The van der Waals surface area contributed by atoms with Gasteiger partial charge in [0.2, 0.25) is 0 Å². The number of aromatic nitrogens is 1. The monoisotopic (exact) mass is 214 g/mol.